The van der Waals surface area contributed by atoms with Crippen LogP contribution in [0.4, 0.5) is 4.39 Å². The molecule has 0 amide bonds. The van der Waals surface area contributed by atoms with E-state index in [1.807, 2.05) is 0 Å². The molecule has 0 radical (unpaired) electrons. The standard InChI is InChI=1S/C14H12BrFN4O2/c1-18-12-11(13(21)19(2)14(18)22)20(7-17-12)6-8-5-9(15)3-4-10(8)16/h3-5,7H,6H2,1-2H3. The zero-order valence-electron chi connectivity index (χ0n) is 11.9. The normalized spacial score (nSPS) is 11.3. The minimum absolute atomic E-state index is 0.148. The predicted octanol–water partition coefficient (Wildman–Crippen LogP) is 1.38. The van der Waals surface area contributed by atoms with Crippen molar-refractivity contribution in [3.8, 4) is 0 Å². The predicted molar refractivity (Wildman–Crippen MR) is 83.4 cm³/mol. The summed E-state index contributed by atoms with van der Waals surface area (Å²) in [7, 11) is 2.95. The van der Waals surface area contributed by atoms with E-state index in [9.17, 15) is 14.0 Å². The van der Waals surface area contributed by atoms with Gasteiger partial charge in [-0.05, 0) is 18.2 Å². The van der Waals surface area contributed by atoms with E-state index in [1.165, 1.54) is 24.0 Å². The molecule has 0 saturated carbocycles. The van der Waals surface area contributed by atoms with Crippen molar-refractivity contribution in [1.29, 1.82) is 0 Å². The van der Waals surface area contributed by atoms with Crippen LogP contribution in [0.5, 0.6) is 0 Å². The molecule has 2 aromatic heterocycles. The number of benzene rings is 1. The average Bonchev–Trinajstić information content (AvgIpc) is 2.90. The molecule has 2 heterocycles. The highest BCUT2D eigenvalue weighted by atomic mass is 79.9. The third-order valence-electron chi connectivity index (χ3n) is 3.57. The van der Waals surface area contributed by atoms with Gasteiger partial charge in [-0.1, -0.05) is 15.9 Å². The minimum atomic E-state index is -0.453. The highest BCUT2D eigenvalue weighted by Gasteiger charge is 2.15. The molecule has 0 aliphatic rings. The van der Waals surface area contributed by atoms with E-state index < -0.39 is 11.2 Å². The molecule has 0 N–H and O–H groups in total. The lowest BCUT2D eigenvalue weighted by molar-refractivity contribution is 0.600. The highest BCUT2D eigenvalue weighted by molar-refractivity contribution is 9.10. The van der Waals surface area contributed by atoms with Crippen LogP contribution in [0.1, 0.15) is 5.56 Å². The largest absolute Gasteiger partial charge is 0.332 e. The number of hydrogen-bond donors (Lipinski definition) is 0. The van der Waals surface area contributed by atoms with Gasteiger partial charge < -0.3 is 4.57 Å². The Labute approximate surface area is 132 Å². The zero-order valence-corrected chi connectivity index (χ0v) is 13.5. The second-order valence-corrected chi connectivity index (χ2v) is 5.90. The van der Waals surface area contributed by atoms with Crippen LogP contribution in [0.3, 0.4) is 0 Å². The monoisotopic (exact) mass is 366 g/mol. The van der Waals surface area contributed by atoms with Gasteiger partial charge in [0, 0.05) is 24.1 Å². The highest BCUT2D eigenvalue weighted by Crippen LogP contribution is 2.18. The smallest absolute Gasteiger partial charge is 0.320 e. The van der Waals surface area contributed by atoms with E-state index in [2.05, 4.69) is 20.9 Å². The maximum Gasteiger partial charge on any atom is 0.332 e. The quantitative estimate of drug-likeness (QED) is 0.688. The third-order valence-corrected chi connectivity index (χ3v) is 4.06. The van der Waals surface area contributed by atoms with E-state index in [4.69, 9.17) is 0 Å². The van der Waals surface area contributed by atoms with Crippen LogP contribution < -0.4 is 11.2 Å². The molecule has 114 valence electrons. The fraction of sp³-hybridized carbons (Fsp3) is 0.214. The number of fused-ring (bicyclic) bond motifs is 1. The molecule has 0 unspecified atom stereocenters. The van der Waals surface area contributed by atoms with Crippen LogP contribution in [0.25, 0.3) is 11.2 Å². The molecule has 3 rings (SSSR count). The first-order valence-electron chi connectivity index (χ1n) is 6.45. The Hall–Kier alpha value is -2.22. The van der Waals surface area contributed by atoms with Crippen LogP contribution in [-0.2, 0) is 20.6 Å². The van der Waals surface area contributed by atoms with E-state index in [0.29, 0.717) is 5.56 Å². The van der Waals surface area contributed by atoms with Gasteiger partial charge in [-0.15, -0.1) is 0 Å². The summed E-state index contributed by atoms with van der Waals surface area (Å²) in [5, 5.41) is 0. The van der Waals surface area contributed by atoms with Crippen LogP contribution in [-0.4, -0.2) is 18.7 Å². The first kappa shape index (κ1) is 14.7. The second-order valence-electron chi connectivity index (χ2n) is 4.99. The van der Waals surface area contributed by atoms with Gasteiger partial charge in [0.1, 0.15) is 5.82 Å². The lowest BCUT2D eigenvalue weighted by atomic mass is 10.2. The van der Waals surface area contributed by atoms with Gasteiger partial charge in [0.25, 0.3) is 5.56 Å². The van der Waals surface area contributed by atoms with Crippen molar-refractivity contribution in [2.24, 2.45) is 14.1 Å². The molecule has 22 heavy (non-hydrogen) atoms. The molecule has 0 aliphatic carbocycles. The van der Waals surface area contributed by atoms with Crippen LogP contribution in [0.15, 0.2) is 38.6 Å². The Morgan fingerprint density at radius 3 is 2.68 bits per heavy atom. The van der Waals surface area contributed by atoms with Crippen molar-refractivity contribution in [2.75, 3.05) is 0 Å². The summed E-state index contributed by atoms with van der Waals surface area (Å²) in [6.45, 7) is 0.148. The maximum atomic E-state index is 13.9. The van der Waals surface area contributed by atoms with Crippen LogP contribution in [0, 0.1) is 5.82 Å². The number of hydrogen-bond acceptors (Lipinski definition) is 3. The van der Waals surface area contributed by atoms with Gasteiger partial charge in [-0.25, -0.2) is 14.2 Å². The Morgan fingerprint density at radius 1 is 1.23 bits per heavy atom. The molecule has 0 spiro atoms. The molecule has 1 aromatic carbocycles. The lowest BCUT2D eigenvalue weighted by Gasteiger charge is -2.08. The van der Waals surface area contributed by atoms with Crippen molar-refractivity contribution in [1.82, 2.24) is 18.7 Å². The molecule has 3 aromatic rings. The Balaban J connectivity index is 2.23. The summed E-state index contributed by atoms with van der Waals surface area (Å²) in [5.41, 5.74) is 0.0689. The van der Waals surface area contributed by atoms with E-state index in [0.717, 1.165) is 9.04 Å². The maximum absolute atomic E-state index is 13.9. The summed E-state index contributed by atoms with van der Waals surface area (Å²) in [5.74, 6) is -0.369. The fourth-order valence-electron chi connectivity index (χ4n) is 2.36. The van der Waals surface area contributed by atoms with Gasteiger partial charge in [0.05, 0.1) is 12.9 Å². The number of nitrogens with zero attached hydrogens (tertiary/aromatic N) is 4. The number of rotatable bonds is 2. The SMILES string of the molecule is Cn1c(=O)c2c(ncn2Cc2cc(Br)ccc2F)n(C)c1=O. The van der Waals surface area contributed by atoms with Crippen molar-refractivity contribution >= 4 is 27.1 Å². The van der Waals surface area contributed by atoms with Gasteiger partial charge in [0.2, 0.25) is 0 Å². The average molecular weight is 367 g/mol. The minimum Gasteiger partial charge on any atom is -0.320 e. The van der Waals surface area contributed by atoms with Crippen molar-refractivity contribution in [3.05, 3.63) is 61.2 Å². The molecular formula is C14H12BrFN4O2. The zero-order chi connectivity index (χ0) is 16.0. The molecule has 8 heteroatoms. The molecule has 6 nitrogen and oxygen atoms in total. The number of imidazole rings is 1. The molecule has 0 bridgehead atoms. The Morgan fingerprint density at radius 2 is 1.95 bits per heavy atom. The summed E-state index contributed by atoms with van der Waals surface area (Å²) in [4.78, 5) is 28.3. The van der Waals surface area contributed by atoms with E-state index >= 15 is 0 Å². The Bertz CT molecular complexity index is 1000. The van der Waals surface area contributed by atoms with Crippen LogP contribution in [0.2, 0.25) is 0 Å². The molecule has 0 aliphatic heterocycles. The topological polar surface area (TPSA) is 61.8 Å². The molecule has 0 fully saturated rings. The number of halogens is 2. The van der Waals surface area contributed by atoms with E-state index in [-0.39, 0.29) is 23.5 Å². The molecule has 0 atom stereocenters. The lowest BCUT2D eigenvalue weighted by Crippen LogP contribution is -2.37. The van der Waals surface area contributed by atoms with Crippen molar-refractivity contribution in [3.63, 3.8) is 0 Å². The summed E-state index contributed by atoms with van der Waals surface area (Å²) in [6, 6.07) is 4.60. The van der Waals surface area contributed by atoms with Crippen molar-refractivity contribution in [2.45, 2.75) is 6.54 Å². The second kappa shape index (κ2) is 5.20. The fourth-order valence-corrected chi connectivity index (χ4v) is 2.77. The van der Waals surface area contributed by atoms with Gasteiger partial charge >= 0.3 is 5.69 Å². The third kappa shape index (κ3) is 2.19. The first-order valence-corrected chi connectivity index (χ1v) is 7.24. The summed E-state index contributed by atoms with van der Waals surface area (Å²) in [6.07, 6.45) is 1.44. The summed E-state index contributed by atoms with van der Waals surface area (Å²) < 4.78 is 18.5. The molecular weight excluding hydrogens is 355 g/mol. The summed E-state index contributed by atoms with van der Waals surface area (Å²) >= 11 is 3.29. The number of aryl methyl sites for hydroxylation is 1. The van der Waals surface area contributed by atoms with Gasteiger partial charge in [-0.2, -0.15) is 0 Å². The first-order chi connectivity index (χ1) is 10.4. The van der Waals surface area contributed by atoms with Gasteiger partial charge in [-0.3, -0.25) is 13.9 Å². The van der Waals surface area contributed by atoms with Crippen molar-refractivity contribution < 1.29 is 4.39 Å². The molecule has 0 saturated heterocycles. The van der Waals surface area contributed by atoms with Crippen LogP contribution >= 0.6 is 15.9 Å². The van der Waals surface area contributed by atoms with Gasteiger partial charge in [0.15, 0.2) is 11.2 Å². The van der Waals surface area contributed by atoms with E-state index in [1.54, 1.807) is 23.7 Å². The Kier molecular flexibility index (Phi) is 3.48. The number of aromatic nitrogens is 4.